The highest BCUT2D eigenvalue weighted by molar-refractivity contribution is 5.76. The number of ether oxygens (including phenoxy) is 1. The Kier molecular flexibility index (Phi) is 4.25. The maximum absolute atomic E-state index is 5.71. The highest BCUT2D eigenvalue weighted by atomic mass is 16.5. The molecular weight excluding hydrogens is 302 g/mol. The summed E-state index contributed by atoms with van der Waals surface area (Å²) in [4.78, 5) is 6.99. The molecule has 2 N–H and O–H groups in total. The minimum Gasteiger partial charge on any atom is -0.374 e. The average Bonchev–Trinajstić information content (AvgIpc) is 3.06. The summed E-state index contributed by atoms with van der Waals surface area (Å²) in [6.45, 7) is 3.92. The minimum atomic E-state index is 0.129. The van der Waals surface area contributed by atoms with Gasteiger partial charge in [-0.05, 0) is 5.56 Å². The third-order valence-electron chi connectivity index (χ3n) is 4.39. The zero-order valence-corrected chi connectivity index (χ0v) is 13.5. The molecule has 0 aliphatic carbocycles. The van der Waals surface area contributed by atoms with Gasteiger partial charge in [0.15, 0.2) is 5.65 Å². The van der Waals surface area contributed by atoms with Crippen LogP contribution in [0, 0.1) is 0 Å². The van der Waals surface area contributed by atoms with E-state index in [1.54, 1.807) is 0 Å². The quantitative estimate of drug-likeness (QED) is 0.789. The van der Waals surface area contributed by atoms with E-state index in [1.165, 1.54) is 0 Å². The van der Waals surface area contributed by atoms with Gasteiger partial charge in [0.05, 0.1) is 18.9 Å². The summed E-state index contributed by atoms with van der Waals surface area (Å²) in [6, 6.07) is 10.2. The third-order valence-corrected chi connectivity index (χ3v) is 4.39. The fourth-order valence-electron chi connectivity index (χ4n) is 3.14. The van der Waals surface area contributed by atoms with Gasteiger partial charge in [-0.1, -0.05) is 30.3 Å². The fraction of sp³-hybridized carbons (Fsp3) is 0.333. The van der Waals surface area contributed by atoms with Gasteiger partial charge in [-0.3, -0.25) is 4.90 Å². The molecule has 124 valence electrons. The van der Waals surface area contributed by atoms with Crippen molar-refractivity contribution in [3.05, 3.63) is 54.5 Å². The van der Waals surface area contributed by atoms with Crippen molar-refractivity contribution in [3.8, 4) is 11.1 Å². The molecule has 1 atom stereocenters. The van der Waals surface area contributed by atoms with Crippen molar-refractivity contribution >= 4 is 5.65 Å². The molecule has 0 saturated carbocycles. The Morgan fingerprint density at radius 1 is 1.21 bits per heavy atom. The monoisotopic (exact) mass is 323 g/mol. The predicted octanol–water partition coefficient (Wildman–Crippen LogP) is 1.56. The van der Waals surface area contributed by atoms with E-state index in [2.05, 4.69) is 33.3 Å². The molecule has 0 bridgehead atoms. The summed E-state index contributed by atoms with van der Waals surface area (Å²) in [5, 5.41) is 4.47. The second-order valence-corrected chi connectivity index (χ2v) is 6.12. The molecule has 0 spiro atoms. The SMILES string of the molecule is NCC1CN(Cc2cnc3c(-c4ccccc4)cnn3c2)CCO1. The molecular formula is C18H21N5O. The van der Waals surface area contributed by atoms with E-state index in [0.717, 1.165) is 48.6 Å². The first-order valence-corrected chi connectivity index (χ1v) is 8.25. The number of hydrogen-bond donors (Lipinski definition) is 1. The molecule has 1 fully saturated rings. The number of nitrogens with zero attached hydrogens (tertiary/aromatic N) is 4. The van der Waals surface area contributed by atoms with Crippen molar-refractivity contribution in [2.45, 2.75) is 12.6 Å². The van der Waals surface area contributed by atoms with Crippen molar-refractivity contribution in [2.75, 3.05) is 26.2 Å². The van der Waals surface area contributed by atoms with Gasteiger partial charge in [0, 0.05) is 49.7 Å². The van der Waals surface area contributed by atoms with Gasteiger partial charge < -0.3 is 10.5 Å². The molecule has 1 aliphatic heterocycles. The van der Waals surface area contributed by atoms with Gasteiger partial charge in [0.1, 0.15) is 0 Å². The zero-order chi connectivity index (χ0) is 16.4. The van der Waals surface area contributed by atoms with Crippen LogP contribution in [0.2, 0.25) is 0 Å². The first-order chi connectivity index (χ1) is 11.8. The summed E-state index contributed by atoms with van der Waals surface area (Å²) in [7, 11) is 0. The maximum atomic E-state index is 5.71. The third kappa shape index (κ3) is 3.03. The van der Waals surface area contributed by atoms with E-state index < -0.39 is 0 Å². The predicted molar refractivity (Wildman–Crippen MR) is 92.5 cm³/mol. The molecule has 6 heteroatoms. The Labute approximate surface area is 140 Å². The highest BCUT2D eigenvalue weighted by Gasteiger charge is 2.19. The lowest BCUT2D eigenvalue weighted by atomic mass is 10.1. The average molecular weight is 323 g/mol. The molecule has 3 aromatic rings. The number of morpholine rings is 1. The second-order valence-electron chi connectivity index (χ2n) is 6.12. The summed E-state index contributed by atoms with van der Waals surface area (Å²) >= 11 is 0. The largest absolute Gasteiger partial charge is 0.374 e. The number of aromatic nitrogens is 3. The van der Waals surface area contributed by atoms with Gasteiger partial charge in [-0.2, -0.15) is 5.10 Å². The lowest BCUT2D eigenvalue weighted by molar-refractivity contribution is -0.0261. The van der Waals surface area contributed by atoms with Crippen LogP contribution in [0.15, 0.2) is 48.9 Å². The Morgan fingerprint density at radius 3 is 2.92 bits per heavy atom. The van der Waals surface area contributed by atoms with Crippen LogP contribution in [0.1, 0.15) is 5.56 Å². The molecule has 0 amide bonds. The van der Waals surface area contributed by atoms with E-state index in [-0.39, 0.29) is 6.10 Å². The Balaban J connectivity index is 1.56. The zero-order valence-electron chi connectivity index (χ0n) is 13.5. The number of fused-ring (bicyclic) bond motifs is 1. The Hall–Kier alpha value is -2.28. The minimum absolute atomic E-state index is 0.129. The van der Waals surface area contributed by atoms with Gasteiger partial charge >= 0.3 is 0 Å². The number of benzene rings is 1. The lowest BCUT2D eigenvalue weighted by Crippen LogP contribution is -2.45. The first kappa shape index (κ1) is 15.3. The van der Waals surface area contributed by atoms with Crippen LogP contribution in [0.25, 0.3) is 16.8 Å². The van der Waals surface area contributed by atoms with Gasteiger partial charge in [0.25, 0.3) is 0 Å². The summed E-state index contributed by atoms with van der Waals surface area (Å²) < 4.78 is 7.48. The molecule has 6 nitrogen and oxygen atoms in total. The maximum Gasteiger partial charge on any atom is 0.162 e. The summed E-state index contributed by atoms with van der Waals surface area (Å²) in [5.74, 6) is 0. The molecule has 1 saturated heterocycles. The summed E-state index contributed by atoms with van der Waals surface area (Å²) in [5.41, 5.74) is 9.92. The van der Waals surface area contributed by atoms with Crippen molar-refractivity contribution in [1.29, 1.82) is 0 Å². The van der Waals surface area contributed by atoms with Crippen LogP contribution in [0.3, 0.4) is 0 Å². The van der Waals surface area contributed by atoms with E-state index in [0.29, 0.717) is 6.54 Å². The van der Waals surface area contributed by atoms with E-state index in [4.69, 9.17) is 10.5 Å². The molecule has 2 aromatic heterocycles. The van der Waals surface area contributed by atoms with Crippen molar-refractivity contribution in [1.82, 2.24) is 19.5 Å². The number of rotatable bonds is 4. The van der Waals surface area contributed by atoms with Crippen LogP contribution in [0.4, 0.5) is 0 Å². The van der Waals surface area contributed by atoms with Crippen LogP contribution in [-0.4, -0.2) is 51.8 Å². The first-order valence-electron chi connectivity index (χ1n) is 8.25. The fourth-order valence-corrected chi connectivity index (χ4v) is 3.14. The molecule has 1 unspecified atom stereocenters. The second kappa shape index (κ2) is 6.68. The van der Waals surface area contributed by atoms with Crippen LogP contribution >= 0.6 is 0 Å². The molecule has 24 heavy (non-hydrogen) atoms. The summed E-state index contributed by atoms with van der Waals surface area (Å²) in [6.07, 6.45) is 6.00. The van der Waals surface area contributed by atoms with Crippen LogP contribution in [0.5, 0.6) is 0 Å². The molecule has 4 rings (SSSR count). The van der Waals surface area contributed by atoms with Gasteiger partial charge in [-0.25, -0.2) is 9.50 Å². The van der Waals surface area contributed by atoms with Crippen molar-refractivity contribution in [2.24, 2.45) is 5.73 Å². The Bertz CT molecular complexity index is 817. The molecule has 1 aliphatic rings. The molecule has 0 radical (unpaired) electrons. The normalized spacial score (nSPS) is 19.0. The van der Waals surface area contributed by atoms with Gasteiger partial charge in [0.2, 0.25) is 0 Å². The van der Waals surface area contributed by atoms with Crippen molar-refractivity contribution < 1.29 is 4.74 Å². The topological polar surface area (TPSA) is 68.7 Å². The van der Waals surface area contributed by atoms with Crippen molar-refractivity contribution in [3.63, 3.8) is 0 Å². The number of nitrogens with two attached hydrogens (primary N) is 1. The van der Waals surface area contributed by atoms with Crippen LogP contribution in [-0.2, 0) is 11.3 Å². The van der Waals surface area contributed by atoms with E-state index in [9.17, 15) is 0 Å². The molecule has 3 heterocycles. The highest BCUT2D eigenvalue weighted by Crippen LogP contribution is 2.23. The standard InChI is InChI=1S/C18H21N5O/c19-8-16-13-22(6-7-24-16)11-14-9-20-18-17(10-21-23(18)12-14)15-4-2-1-3-5-15/h1-5,9-10,12,16H,6-8,11,13,19H2. The van der Waals surface area contributed by atoms with E-state index in [1.807, 2.05) is 35.1 Å². The number of hydrogen-bond acceptors (Lipinski definition) is 5. The Morgan fingerprint density at radius 2 is 2.08 bits per heavy atom. The lowest BCUT2D eigenvalue weighted by Gasteiger charge is -2.32. The molecule has 1 aromatic carbocycles. The van der Waals surface area contributed by atoms with Crippen LogP contribution < -0.4 is 5.73 Å². The smallest absolute Gasteiger partial charge is 0.162 e. The van der Waals surface area contributed by atoms with Gasteiger partial charge in [-0.15, -0.1) is 0 Å². The van der Waals surface area contributed by atoms with E-state index >= 15 is 0 Å².